The molecule has 0 aliphatic heterocycles. The smallest absolute Gasteiger partial charge is 0.313 e. The van der Waals surface area contributed by atoms with Crippen LogP contribution < -0.4 is 0 Å². The number of carbonyl (C=O) groups is 2. The molecule has 0 fully saturated rings. The van der Waals surface area contributed by atoms with Crippen molar-refractivity contribution in [3.63, 3.8) is 0 Å². The third-order valence-corrected chi connectivity index (χ3v) is 3.82. The fraction of sp³-hybridized carbons (Fsp3) is 0.500. The van der Waals surface area contributed by atoms with Crippen molar-refractivity contribution in [3.05, 3.63) is 22.9 Å². The first-order valence-corrected chi connectivity index (χ1v) is 8.10. The number of ether oxygens (including phenoxy) is 1. The molecule has 1 aromatic heterocycles. The standard InChI is InChI=1S/C16H20N2O3S/c1-5-12-6-11(4)14(8-17)16(18-12)22-9-13(19)7-15(20)21-10(2)3/h6,10H,5,7,9H2,1-4H3. The molecule has 22 heavy (non-hydrogen) atoms. The number of aryl methyl sites for hydroxylation is 2. The molecule has 0 aromatic carbocycles. The van der Waals surface area contributed by atoms with Crippen LogP contribution in [0.3, 0.4) is 0 Å². The number of Topliss-reactive ketones (excluding diaryl/α,β-unsaturated/α-hetero) is 1. The van der Waals surface area contributed by atoms with E-state index in [2.05, 4.69) is 11.1 Å². The second-order valence-corrected chi connectivity index (χ2v) is 6.08. The summed E-state index contributed by atoms with van der Waals surface area (Å²) in [6.45, 7) is 7.30. The minimum absolute atomic E-state index is 0.0987. The highest BCUT2D eigenvalue weighted by Crippen LogP contribution is 2.24. The Morgan fingerprint density at radius 3 is 2.68 bits per heavy atom. The maximum absolute atomic E-state index is 11.8. The summed E-state index contributed by atoms with van der Waals surface area (Å²) in [5.74, 6) is -0.657. The van der Waals surface area contributed by atoms with Crippen molar-refractivity contribution in [2.24, 2.45) is 0 Å². The number of aromatic nitrogens is 1. The van der Waals surface area contributed by atoms with E-state index in [1.165, 1.54) is 11.8 Å². The van der Waals surface area contributed by atoms with E-state index in [-0.39, 0.29) is 24.1 Å². The molecule has 1 rings (SSSR count). The van der Waals surface area contributed by atoms with Crippen LogP contribution in [0, 0.1) is 18.3 Å². The van der Waals surface area contributed by atoms with Gasteiger partial charge in [-0.25, -0.2) is 4.98 Å². The van der Waals surface area contributed by atoms with Crippen LogP contribution in [0.2, 0.25) is 0 Å². The first-order chi connectivity index (χ1) is 10.4. The molecule has 0 saturated heterocycles. The van der Waals surface area contributed by atoms with Gasteiger partial charge in [-0.3, -0.25) is 9.59 Å². The van der Waals surface area contributed by atoms with Crippen molar-refractivity contribution in [3.8, 4) is 6.07 Å². The van der Waals surface area contributed by atoms with E-state index < -0.39 is 5.97 Å². The lowest BCUT2D eigenvalue weighted by atomic mass is 10.1. The number of pyridine rings is 1. The van der Waals surface area contributed by atoms with Crippen LogP contribution in [-0.4, -0.2) is 28.6 Å². The van der Waals surface area contributed by atoms with Crippen molar-refractivity contribution in [2.45, 2.75) is 51.7 Å². The van der Waals surface area contributed by atoms with Crippen molar-refractivity contribution < 1.29 is 14.3 Å². The number of nitrogens with zero attached hydrogens (tertiary/aromatic N) is 2. The van der Waals surface area contributed by atoms with E-state index in [1.54, 1.807) is 13.8 Å². The average Bonchev–Trinajstić information content (AvgIpc) is 2.43. The molecule has 5 nitrogen and oxygen atoms in total. The van der Waals surface area contributed by atoms with Crippen LogP contribution in [0.15, 0.2) is 11.1 Å². The van der Waals surface area contributed by atoms with Gasteiger partial charge in [-0.1, -0.05) is 18.7 Å². The van der Waals surface area contributed by atoms with Gasteiger partial charge in [0.25, 0.3) is 0 Å². The zero-order chi connectivity index (χ0) is 16.7. The van der Waals surface area contributed by atoms with Gasteiger partial charge < -0.3 is 4.74 Å². The Kier molecular flexibility index (Phi) is 7.06. The lowest BCUT2D eigenvalue weighted by Gasteiger charge is -2.09. The Morgan fingerprint density at radius 1 is 1.45 bits per heavy atom. The molecule has 118 valence electrons. The summed E-state index contributed by atoms with van der Waals surface area (Å²) >= 11 is 1.19. The minimum atomic E-state index is -0.521. The van der Waals surface area contributed by atoms with Crippen LogP contribution in [0.4, 0.5) is 0 Å². The van der Waals surface area contributed by atoms with Crippen LogP contribution in [0.1, 0.15) is 44.0 Å². The average molecular weight is 320 g/mol. The summed E-state index contributed by atoms with van der Waals surface area (Å²) in [6, 6.07) is 4.00. The highest BCUT2D eigenvalue weighted by molar-refractivity contribution is 8.00. The zero-order valence-corrected chi connectivity index (χ0v) is 14.1. The molecule has 0 atom stereocenters. The normalized spacial score (nSPS) is 10.4. The topological polar surface area (TPSA) is 80.0 Å². The van der Waals surface area contributed by atoms with Crippen molar-refractivity contribution >= 4 is 23.5 Å². The van der Waals surface area contributed by atoms with Crippen LogP contribution in [0.25, 0.3) is 0 Å². The van der Waals surface area contributed by atoms with Crippen molar-refractivity contribution in [1.29, 1.82) is 5.26 Å². The molecular weight excluding hydrogens is 300 g/mol. The Labute approximate surface area is 135 Å². The number of carbonyl (C=O) groups excluding carboxylic acids is 2. The predicted octanol–water partition coefficient (Wildman–Crippen LogP) is 2.83. The number of hydrogen-bond donors (Lipinski definition) is 0. The monoisotopic (exact) mass is 320 g/mol. The van der Waals surface area contributed by atoms with Gasteiger partial charge in [0.15, 0.2) is 5.78 Å². The third kappa shape index (κ3) is 5.49. The largest absolute Gasteiger partial charge is 0.463 e. The molecule has 6 heteroatoms. The second-order valence-electron chi connectivity index (χ2n) is 5.12. The highest BCUT2D eigenvalue weighted by Gasteiger charge is 2.15. The molecule has 0 aliphatic rings. The number of esters is 1. The maximum atomic E-state index is 11.8. The van der Waals surface area contributed by atoms with Crippen molar-refractivity contribution in [1.82, 2.24) is 4.98 Å². The Morgan fingerprint density at radius 2 is 2.14 bits per heavy atom. The molecule has 0 bridgehead atoms. The van der Waals surface area contributed by atoms with E-state index in [0.29, 0.717) is 10.6 Å². The molecular formula is C16H20N2O3S. The van der Waals surface area contributed by atoms with Crippen LogP contribution in [0.5, 0.6) is 0 Å². The van der Waals surface area contributed by atoms with Gasteiger partial charge in [-0.15, -0.1) is 0 Å². The summed E-state index contributed by atoms with van der Waals surface area (Å²) in [5, 5.41) is 9.76. The zero-order valence-electron chi connectivity index (χ0n) is 13.3. The van der Waals surface area contributed by atoms with E-state index in [4.69, 9.17) is 4.74 Å². The quantitative estimate of drug-likeness (QED) is 0.436. The maximum Gasteiger partial charge on any atom is 0.313 e. The van der Waals surface area contributed by atoms with Crippen molar-refractivity contribution in [2.75, 3.05) is 5.75 Å². The van der Waals surface area contributed by atoms with Crippen LogP contribution in [-0.2, 0) is 20.7 Å². The van der Waals surface area contributed by atoms with Gasteiger partial charge in [-0.2, -0.15) is 5.26 Å². The summed E-state index contributed by atoms with van der Waals surface area (Å²) in [7, 11) is 0. The number of hydrogen-bond acceptors (Lipinski definition) is 6. The van der Waals surface area contributed by atoms with E-state index in [1.807, 2.05) is 19.9 Å². The molecule has 0 aliphatic carbocycles. The summed E-state index contributed by atoms with van der Waals surface area (Å²) < 4.78 is 4.94. The molecule has 0 N–H and O–H groups in total. The number of rotatable bonds is 7. The summed E-state index contributed by atoms with van der Waals surface area (Å²) in [5.41, 5.74) is 2.22. The van der Waals surface area contributed by atoms with Gasteiger partial charge in [0.05, 0.1) is 17.4 Å². The van der Waals surface area contributed by atoms with E-state index in [0.717, 1.165) is 17.7 Å². The summed E-state index contributed by atoms with van der Waals surface area (Å²) in [6.07, 6.45) is 0.276. The highest BCUT2D eigenvalue weighted by atomic mass is 32.2. The van der Waals surface area contributed by atoms with Gasteiger partial charge in [0, 0.05) is 5.69 Å². The lowest BCUT2D eigenvalue weighted by Crippen LogP contribution is -2.16. The van der Waals surface area contributed by atoms with Crippen LogP contribution >= 0.6 is 11.8 Å². The molecule has 1 aromatic rings. The fourth-order valence-electron chi connectivity index (χ4n) is 1.80. The number of nitriles is 1. The van der Waals surface area contributed by atoms with E-state index in [9.17, 15) is 14.9 Å². The number of thioether (sulfide) groups is 1. The van der Waals surface area contributed by atoms with Gasteiger partial charge >= 0.3 is 5.97 Å². The first kappa shape index (κ1) is 18.2. The molecule has 0 unspecified atom stereocenters. The van der Waals surface area contributed by atoms with Gasteiger partial charge in [0.2, 0.25) is 0 Å². The molecule has 0 amide bonds. The SMILES string of the molecule is CCc1cc(C)c(C#N)c(SCC(=O)CC(=O)OC(C)C)n1. The van der Waals surface area contributed by atoms with Gasteiger partial charge in [0.1, 0.15) is 17.5 Å². The molecule has 1 heterocycles. The predicted molar refractivity (Wildman–Crippen MR) is 84.6 cm³/mol. The van der Waals surface area contributed by atoms with E-state index >= 15 is 0 Å². The van der Waals surface area contributed by atoms with Gasteiger partial charge in [-0.05, 0) is 38.8 Å². The first-order valence-electron chi connectivity index (χ1n) is 7.12. The Bertz CT molecular complexity index is 606. The molecule has 0 saturated carbocycles. The summed E-state index contributed by atoms with van der Waals surface area (Å²) in [4.78, 5) is 27.6. The Hall–Kier alpha value is -1.87. The minimum Gasteiger partial charge on any atom is -0.463 e. The lowest BCUT2D eigenvalue weighted by molar-refractivity contribution is -0.149. The molecule has 0 spiro atoms. The second kappa shape index (κ2) is 8.54. The molecule has 0 radical (unpaired) electrons. The Balaban J connectivity index is 2.72. The number of ketones is 1. The third-order valence-electron chi connectivity index (χ3n) is 2.79. The fourth-order valence-corrected chi connectivity index (χ4v) is 2.73.